The normalized spacial score (nSPS) is 17.4. The van der Waals surface area contributed by atoms with Crippen LogP contribution < -0.4 is 5.32 Å². The zero-order valence-corrected chi connectivity index (χ0v) is 9.82. The first-order valence-corrected chi connectivity index (χ1v) is 6.13. The van der Waals surface area contributed by atoms with Crippen molar-refractivity contribution in [3.63, 3.8) is 0 Å². The summed E-state index contributed by atoms with van der Waals surface area (Å²) in [4.78, 5) is 4.34. The average molecular weight is 220 g/mol. The third kappa shape index (κ3) is 3.58. The molecule has 1 unspecified atom stereocenters. The number of aromatic nitrogens is 1. The fourth-order valence-electron chi connectivity index (χ4n) is 1.69. The van der Waals surface area contributed by atoms with Crippen LogP contribution in [0.2, 0.25) is 0 Å². The van der Waals surface area contributed by atoms with Crippen LogP contribution in [0.15, 0.2) is 18.3 Å². The Hall–Kier alpha value is -0.930. The molecule has 1 aromatic rings. The molecule has 1 fully saturated rings. The number of hydrogen-bond acceptors (Lipinski definition) is 3. The van der Waals surface area contributed by atoms with Crippen molar-refractivity contribution in [2.45, 2.75) is 44.8 Å². The second-order valence-corrected chi connectivity index (χ2v) is 4.55. The molecule has 0 aliphatic heterocycles. The van der Waals surface area contributed by atoms with Crippen LogP contribution in [0.25, 0.3) is 0 Å². The third-order valence-corrected chi connectivity index (χ3v) is 2.96. The van der Waals surface area contributed by atoms with E-state index in [1.54, 1.807) is 0 Å². The summed E-state index contributed by atoms with van der Waals surface area (Å²) in [5.41, 5.74) is 2.22. The zero-order chi connectivity index (χ0) is 11.4. The molecule has 1 heterocycles. The summed E-state index contributed by atoms with van der Waals surface area (Å²) in [5.74, 6) is 0. The molecule has 0 radical (unpaired) electrons. The Morgan fingerprint density at radius 1 is 1.50 bits per heavy atom. The molecule has 0 saturated heterocycles. The minimum absolute atomic E-state index is 0.319. The van der Waals surface area contributed by atoms with Crippen molar-refractivity contribution in [1.82, 2.24) is 10.3 Å². The topological polar surface area (TPSA) is 45.1 Å². The number of rotatable bonds is 6. The van der Waals surface area contributed by atoms with Crippen molar-refractivity contribution in [2.75, 3.05) is 6.54 Å². The van der Waals surface area contributed by atoms with E-state index in [9.17, 15) is 5.11 Å². The van der Waals surface area contributed by atoms with Gasteiger partial charge in [0.1, 0.15) is 0 Å². The number of nitrogens with zero attached hydrogens (tertiary/aromatic N) is 1. The van der Waals surface area contributed by atoms with Gasteiger partial charge in [-0.3, -0.25) is 4.98 Å². The number of aliphatic hydroxyl groups excluding tert-OH is 1. The van der Waals surface area contributed by atoms with Crippen molar-refractivity contribution >= 4 is 0 Å². The molecule has 3 nitrogen and oxygen atoms in total. The fourth-order valence-corrected chi connectivity index (χ4v) is 1.69. The predicted molar refractivity (Wildman–Crippen MR) is 64.4 cm³/mol. The number of aryl methyl sites for hydroxylation is 1. The van der Waals surface area contributed by atoms with Gasteiger partial charge in [-0.1, -0.05) is 13.0 Å². The lowest BCUT2D eigenvalue weighted by Crippen LogP contribution is -2.30. The molecule has 1 aliphatic carbocycles. The van der Waals surface area contributed by atoms with Crippen molar-refractivity contribution in [1.29, 1.82) is 0 Å². The summed E-state index contributed by atoms with van der Waals surface area (Å²) in [5, 5.41) is 13.1. The molecule has 1 saturated carbocycles. The second-order valence-electron chi connectivity index (χ2n) is 4.55. The van der Waals surface area contributed by atoms with Crippen LogP contribution in [0.4, 0.5) is 0 Å². The van der Waals surface area contributed by atoms with Gasteiger partial charge in [-0.2, -0.15) is 0 Å². The van der Waals surface area contributed by atoms with Gasteiger partial charge in [-0.25, -0.2) is 0 Å². The Labute approximate surface area is 96.9 Å². The summed E-state index contributed by atoms with van der Waals surface area (Å²) in [6.07, 6.45) is 5.76. The molecule has 0 amide bonds. The third-order valence-electron chi connectivity index (χ3n) is 2.96. The molecule has 0 aromatic carbocycles. The minimum atomic E-state index is -0.319. The van der Waals surface area contributed by atoms with Crippen LogP contribution in [0.5, 0.6) is 0 Å². The summed E-state index contributed by atoms with van der Waals surface area (Å²) < 4.78 is 0. The molecule has 2 N–H and O–H groups in total. The molecule has 0 spiro atoms. The number of hydrogen-bond donors (Lipinski definition) is 2. The second kappa shape index (κ2) is 5.41. The quantitative estimate of drug-likeness (QED) is 0.759. The monoisotopic (exact) mass is 220 g/mol. The molecule has 1 aromatic heterocycles. The van der Waals surface area contributed by atoms with Crippen LogP contribution in [-0.4, -0.2) is 28.8 Å². The van der Waals surface area contributed by atoms with Gasteiger partial charge in [-0.05, 0) is 30.9 Å². The molecule has 0 bridgehead atoms. The molecule has 2 rings (SSSR count). The van der Waals surface area contributed by atoms with Crippen molar-refractivity contribution in [2.24, 2.45) is 0 Å². The molecule has 1 aliphatic rings. The molecule has 16 heavy (non-hydrogen) atoms. The standard InChI is InChI=1S/C13H20N2O/c1-2-10-3-4-12(14-8-10)7-13(16)9-15-11-5-6-11/h3-4,8,11,13,15-16H,2,5-7,9H2,1H3. The van der Waals surface area contributed by atoms with Crippen LogP contribution in [0.1, 0.15) is 31.0 Å². The van der Waals surface area contributed by atoms with Crippen molar-refractivity contribution < 1.29 is 5.11 Å². The first-order valence-electron chi connectivity index (χ1n) is 6.13. The van der Waals surface area contributed by atoms with Gasteiger partial charge in [0.2, 0.25) is 0 Å². The predicted octanol–water partition coefficient (Wildman–Crippen LogP) is 1.30. The van der Waals surface area contributed by atoms with E-state index >= 15 is 0 Å². The van der Waals surface area contributed by atoms with Gasteiger partial charge in [0.25, 0.3) is 0 Å². The lowest BCUT2D eigenvalue weighted by Gasteiger charge is -2.11. The van der Waals surface area contributed by atoms with Gasteiger partial charge < -0.3 is 10.4 Å². The minimum Gasteiger partial charge on any atom is -0.391 e. The van der Waals surface area contributed by atoms with E-state index in [1.807, 2.05) is 12.3 Å². The SMILES string of the molecule is CCc1ccc(CC(O)CNC2CC2)nc1. The highest BCUT2D eigenvalue weighted by molar-refractivity contribution is 5.14. The van der Waals surface area contributed by atoms with Gasteiger partial charge in [0, 0.05) is 30.9 Å². The van der Waals surface area contributed by atoms with Crippen LogP contribution >= 0.6 is 0 Å². The Morgan fingerprint density at radius 2 is 2.31 bits per heavy atom. The lowest BCUT2D eigenvalue weighted by molar-refractivity contribution is 0.170. The molecule has 88 valence electrons. The molecular formula is C13H20N2O. The highest BCUT2D eigenvalue weighted by atomic mass is 16.3. The first-order chi connectivity index (χ1) is 7.78. The zero-order valence-electron chi connectivity index (χ0n) is 9.82. The van der Waals surface area contributed by atoms with E-state index in [4.69, 9.17) is 0 Å². The highest BCUT2D eigenvalue weighted by Gasteiger charge is 2.21. The fraction of sp³-hybridized carbons (Fsp3) is 0.615. The van der Waals surface area contributed by atoms with Crippen LogP contribution in [0.3, 0.4) is 0 Å². The first kappa shape index (κ1) is 11.6. The maximum Gasteiger partial charge on any atom is 0.0720 e. The maximum atomic E-state index is 9.80. The lowest BCUT2D eigenvalue weighted by atomic mass is 10.1. The molecular weight excluding hydrogens is 200 g/mol. The Bertz CT molecular complexity index is 319. The number of nitrogens with one attached hydrogen (secondary N) is 1. The summed E-state index contributed by atoms with van der Waals surface area (Å²) in [7, 11) is 0. The molecule has 3 heteroatoms. The van der Waals surface area contributed by atoms with Crippen LogP contribution in [-0.2, 0) is 12.8 Å². The number of aliphatic hydroxyl groups is 1. The van der Waals surface area contributed by atoms with Crippen molar-refractivity contribution in [3.8, 4) is 0 Å². The number of pyridine rings is 1. The van der Waals surface area contributed by atoms with E-state index < -0.39 is 0 Å². The van der Waals surface area contributed by atoms with E-state index in [2.05, 4.69) is 23.3 Å². The highest BCUT2D eigenvalue weighted by Crippen LogP contribution is 2.18. The smallest absolute Gasteiger partial charge is 0.0720 e. The Morgan fingerprint density at radius 3 is 2.88 bits per heavy atom. The van der Waals surface area contributed by atoms with Crippen molar-refractivity contribution in [3.05, 3.63) is 29.6 Å². The van der Waals surface area contributed by atoms with E-state index in [-0.39, 0.29) is 6.10 Å². The largest absolute Gasteiger partial charge is 0.391 e. The van der Waals surface area contributed by atoms with E-state index in [0.717, 1.165) is 12.1 Å². The van der Waals surface area contributed by atoms with E-state index in [0.29, 0.717) is 19.0 Å². The summed E-state index contributed by atoms with van der Waals surface area (Å²) in [6, 6.07) is 4.76. The Kier molecular flexibility index (Phi) is 3.91. The summed E-state index contributed by atoms with van der Waals surface area (Å²) >= 11 is 0. The van der Waals surface area contributed by atoms with E-state index in [1.165, 1.54) is 18.4 Å². The molecule has 1 atom stereocenters. The summed E-state index contributed by atoms with van der Waals surface area (Å²) in [6.45, 7) is 2.80. The van der Waals surface area contributed by atoms with Gasteiger partial charge in [0.05, 0.1) is 6.10 Å². The van der Waals surface area contributed by atoms with Gasteiger partial charge in [-0.15, -0.1) is 0 Å². The average Bonchev–Trinajstić information content (AvgIpc) is 3.11. The Balaban J connectivity index is 1.77. The van der Waals surface area contributed by atoms with Crippen LogP contribution in [0, 0.1) is 0 Å². The van der Waals surface area contributed by atoms with Gasteiger partial charge in [0.15, 0.2) is 0 Å². The van der Waals surface area contributed by atoms with Gasteiger partial charge >= 0.3 is 0 Å². The maximum absolute atomic E-state index is 9.80.